The molecule has 0 radical (unpaired) electrons. The number of benzene rings is 6. The molecule has 38 nitrogen and oxygen atoms in total. The Morgan fingerprint density at radius 1 is 0.469 bits per heavy atom. The van der Waals surface area contributed by atoms with E-state index in [2.05, 4.69) is 109 Å². The summed E-state index contributed by atoms with van der Waals surface area (Å²) in [6, 6.07) is 27.1. The van der Waals surface area contributed by atoms with Crippen molar-refractivity contribution in [3.8, 4) is 11.5 Å². The molecule has 734 valence electrons. The summed E-state index contributed by atoms with van der Waals surface area (Å²) in [6.45, 7) is 32.9. The van der Waals surface area contributed by atoms with Crippen molar-refractivity contribution in [1.82, 2.24) is 94.1 Å². The zero-order valence-electron chi connectivity index (χ0n) is 79.8. The molecule has 0 unspecified atom stereocenters. The number of H-pyrrole nitrogens is 3. The van der Waals surface area contributed by atoms with Gasteiger partial charge >= 0.3 is 0 Å². The summed E-state index contributed by atoms with van der Waals surface area (Å²) in [6.07, 6.45) is 26.3. The summed E-state index contributed by atoms with van der Waals surface area (Å²) in [4.78, 5) is 163. The second-order valence-electron chi connectivity index (χ2n) is 37.1. The maximum absolute atomic E-state index is 14.1. The van der Waals surface area contributed by atoms with Gasteiger partial charge in [0, 0.05) is 173 Å². The fourth-order valence-corrected chi connectivity index (χ4v) is 20.2. The number of halogens is 1. The molecule has 8 aromatic heterocycles. The summed E-state index contributed by atoms with van der Waals surface area (Å²) in [5, 5.41) is 53.5. The Bertz CT molecular complexity index is 7970. The quantitative estimate of drug-likeness (QED) is 0.0416. The van der Waals surface area contributed by atoms with Gasteiger partial charge in [0.1, 0.15) is 51.9 Å². The molecule has 24 rings (SSSR count). The number of carbonyl (C=O) groups excluding carboxylic acids is 7. The van der Waals surface area contributed by atoms with Crippen LogP contribution in [0.4, 0.5) is 50.0 Å². The van der Waals surface area contributed by atoms with Gasteiger partial charge in [-0.15, -0.1) is 0 Å². The number of aliphatic imine (C=N–C) groups is 2. The number of rotatable bonds is 17. The predicted molar refractivity (Wildman–Crippen MR) is 550 cm³/mol. The van der Waals surface area contributed by atoms with Gasteiger partial charge in [0.25, 0.3) is 17.0 Å². The van der Waals surface area contributed by atoms with Gasteiger partial charge in [0.05, 0.1) is 148 Å². The molecule has 10 aliphatic rings. The normalized spacial score (nSPS) is 16.7. The predicted octanol–water partition coefficient (Wildman–Crippen LogP) is 11.7. The van der Waals surface area contributed by atoms with Gasteiger partial charge in [-0.05, 0) is 128 Å². The van der Waals surface area contributed by atoms with Gasteiger partial charge < -0.3 is 64.9 Å². The first-order valence-corrected chi connectivity index (χ1v) is 47.6. The first-order valence-electron chi connectivity index (χ1n) is 47.6. The van der Waals surface area contributed by atoms with E-state index < -0.39 is 5.82 Å². The topological polar surface area (TPSA) is 445 Å². The minimum Gasteiger partial charge on any atom is -0.508 e. The Hall–Kier alpha value is -17.8. The molecular formula is C106H102FN27O11. The standard InChI is InChI=1S/C23H19N5O3.C22H23N7O2.C21H19N7O2.C21H21N5O2.C19H20FN3O2/c1-2-21(30)27-11-15(12-27)28-13-25-22-18(23(28)31)9-24-10-20(22)26-19-8-16(29)7-14-5-3-4-6-17(14)19;1-3-19(30)27-6-8-28(9-7-27)22-15-10-20(31)29(12-18(15)23-13-24-22)21-14(2)4-5-17-16(21)11-25-26-17;1-3-17(29)27-9-14(10-27)28-11-23-20-15(21(28)30)7-22-8-16(20)25-18-12(2)4-5-13-6-24-26-19(13)18;1-3-18(27)25-10-14(11-25)17-8-13-6-7-26(21(28)19(13)23-17)20-12(2)4-5-16-15(20)9-22-24-16;1-2-18(25)23-9-13(10-23)15-8-12-6-7-22(11-16(12)21-15)19-14(20)4-3-5-17(19)24/h2-10,13,15,26,29H,1,11-12H2;3-5,11,13H,1,6-10,12H2,2H3,(H,25,26);3-8,11,14,25H,1,9-10H2,2H3,(H,24,26);3-5,9,14H,1,6-8,10-11H2,2H3,(H,22,24);2-5,13,24H,1,6-11H2. The second kappa shape index (κ2) is 39.7. The summed E-state index contributed by atoms with van der Waals surface area (Å²) in [5.41, 5.74) is 19.1. The van der Waals surface area contributed by atoms with Crippen LogP contribution in [0.2, 0.25) is 0 Å². The van der Waals surface area contributed by atoms with Crippen LogP contribution >= 0.6 is 0 Å². The van der Waals surface area contributed by atoms with Crippen LogP contribution in [-0.2, 0) is 46.5 Å². The van der Waals surface area contributed by atoms with Crippen molar-refractivity contribution in [1.29, 1.82) is 0 Å². The smallest absolute Gasteiger partial charge is 0.276 e. The van der Waals surface area contributed by atoms with Crippen molar-refractivity contribution in [2.45, 2.75) is 71.5 Å². The minimum atomic E-state index is -0.413. The maximum Gasteiger partial charge on any atom is 0.276 e. The summed E-state index contributed by atoms with van der Waals surface area (Å²) < 4.78 is 17.2. The van der Waals surface area contributed by atoms with Gasteiger partial charge in [0.15, 0.2) is 0 Å². The van der Waals surface area contributed by atoms with Gasteiger partial charge in [-0.25, -0.2) is 24.3 Å². The SMILES string of the molecule is C=CC(=O)N1CC(C2=NC3=C(CCN(c4c(C)ccc5[nH]ncc45)C3=O)C2)C1.C=CC(=O)N1CC(C2=NC3=C(CCN(c4c(O)cccc4F)C3)C2)C1.C=CC(=O)N1CC(n2cnc3c(Nc4c(C)ccc5cn[nH]c45)cncc3c2=O)C1.C=CC(=O)N1CC(n2cnc3c(Nc4cc(O)cc5ccccc45)cncc3c2=O)C1.C=CC(=O)N1CCN(c2ncnc3c2CC(=O)N(c2c(C)ccc4[nH]ncc24)C3)CC1. The molecule has 14 aromatic rings. The number of phenolic OH excluding ortho intramolecular Hbond substituents is 2. The molecule has 39 heteroatoms. The first kappa shape index (κ1) is 94.8. The van der Waals surface area contributed by atoms with Crippen LogP contribution in [0, 0.1) is 38.4 Å². The number of fused-ring (bicyclic) bond motifs is 7. The molecule has 5 saturated heterocycles. The number of carbonyl (C=O) groups is 7. The highest BCUT2D eigenvalue weighted by Gasteiger charge is 2.43. The Balaban J connectivity index is 0.000000111. The Kier molecular flexibility index (Phi) is 25.9. The monoisotopic (exact) mass is 1950 g/mol. The van der Waals surface area contributed by atoms with Crippen LogP contribution < -0.4 is 41.4 Å². The van der Waals surface area contributed by atoms with Gasteiger partial charge in [-0.2, -0.15) is 15.3 Å². The lowest BCUT2D eigenvalue weighted by molar-refractivity contribution is -0.132. The van der Waals surface area contributed by atoms with Crippen LogP contribution in [0.1, 0.15) is 65.7 Å². The lowest BCUT2D eigenvalue weighted by atomic mass is 9.90. The van der Waals surface area contributed by atoms with E-state index >= 15 is 0 Å². The Morgan fingerprint density at radius 3 is 1.61 bits per heavy atom. The van der Waals surface area contributed by atoms with Gasteiger partial charge in [-0.3, -0.25) is 87.5 Å². The number of phenols is 2. The Labute approximate surface area is 828 Å². The van der Waals surface area contributed by atoms with Crippen LogP contribution in [0.15, 0.2) is 259 Å². The number of piperazine rings is 1. The third-order valence-corrected chi connectivity index (χ3v) is 28.4. The van der Waals surface area contributed by atoms with Crippen molar-refractivity contribution < 1.29 is 48.2 Å². The Morgan fingerprint density at radius 2 is 1.01 bits per heavy atom. The van der Waals surface area contributed by atoms with E-state index in [1.165, 1.54) is 72.9 Å². The third kappa shape index (κ3) is 18.3. The number of pyridine rings is 2. The van der Waals surface area contributed by atoms with E-state index in [0.29, 0.717) is 155 Å². The number of aromatic amines is 3. The number of anilines is 8. The molecular weight excluding hydrogens is 1850 g/mol. The van der Waals surface area contributed by atoms with E-state index in [9.17, 15) is 57.8 Å². The lowest BCUT2D eigenvalue weighted by Gasteiger charge is -2.39. The van der Waals surface area contributed by atoms with Crippen molar-refractivity contribution in [3.63, 3.8) is 0 Å². The van der Waals surface area contributed by atoms with E-state index in [1.54, 1.807) is 94.3 Å². The summed E-state index contributed by atoms with van der Waals surface area (Å²) in [5.74, 6) is 0.593. The van der Waals surface area contributed by atoms with Crippen molar-refractivity contribution in [3.05, 3.63) is 294 Å². The largest absolute Gasteiger partial charge is 0.508 e. The molecule has 0 saturated carbocycles. The second-order valence-corrected chi connectivity index (χ2v) is 37.1. The van der Waals surface area contributed by atoms with Gasteiger partial charge in [-0.1, -0.05) is 87.5 Å². The number of nitrogens with zero attached hydrogens (tertiary/aromatic N) is 22. The number of hydrogen-bond acceptors (Lipinski definition) is 26. The molecule has 0 bridgehead atoms. The van der Waals surface area contributed by atoms with E-state index in [4.69, 9.17) is 9.98 Å². The number of likely N-dealkylation sites (tertiary alicyclic amines) is 4. The maximum atomic E-state index is 14.1. The molecule has 145 heavy (non-hydrogen) atoms. The number of nitrogens with one attached hydrogen (secondary N) is 5. The minimum absolute atomic E-state index is 0.0146. The summed E-state index contributed by atoms with van der Waals surface area (Å²) in [7, 11) is 0. The molecule has 0 aliphatic carbocycles. The van der Waals surface area contributed by atoms with E-state index in [1.807, 2.05) is 91.2 Å². The zero-order chi connectivity index (χ0) is 101. The molecule has 18 heterocycles. The number of amides is 7. The van der Waals surface area contributed by atoms with E-state index in [-0.39, 0.29) is 94.1 Å². The third-order valence-electron chi connectivity index (χ3n) is 28.4. The van der Waals surface area contributed by atoms with Crippen LogP contribution in [0.3, 0.4) is 0 Å². The molecule has 7 amide bonds. The lowest BCUT2D eigenvalue weighted by Crippen LogP contribution is -2.52. The number of aromatic hydroxyl groups is 2. The average molecular weight is 1950 g/mol. The molecule has 5 fully saturated rings. The first-order chi connectivity index (χ1) is 70.3. The average Bonchev–Trinajstić information content (AvgIpc) is 1.70. The van der Waals surface area contributed by atoms with Crippen molar-refractivity contribution >= 4 is 164 Å². The number of aromatic nitrogens is 14. The fraction of sp³-hybridized carbons (Fsp3) is 0.264. The number of para-hydroxylation sites is 1. The highest BCUT2D eigenvalue weighted by Crippen LogP contribution is 2.44. The van der Waals surface area contributed by atoms with Crippen molar-refractivity contribution in [2.24, 2.45) is 21.8 Å². The molecule has 10 aliphatic heterocycles. The molecule has 6 aromatic carbocycles. The summed E-state index contributed by atoms with van der Waals surface area (Å²) >= 11 is 0. The molecule has 0 atom stereocenters. The fourth-order valence-electron chi connectivity index (χ4n) is 20.2. The van der Waals surface area contributed by atoms with Crippen LogP contribution in [0.5, 0.6) is 11.5 Å². The number of aryl methyl sites for hydroxylation is 3. The number of hydrogen-bond donors (Lipinski definition) is 7. The van der Waals surface area contributed by atoms with E-state index in [0.717, 1.165) is 143 Å². The van der Waals surface area contributed by atoms with Crippen LogP contribution in [-0.4, -0.2) is 255 Å². The highest BCUT2D eigenvalue weighted by molar-refractivity contribution is 6.15. The molecule has 0 spiro atoms. The van der Waals surface area contributed by atoms with Gasteiger partial charge in [0.2, 0.25) is 35.4 Å². The highest BCUT2D eigenvalue weighted by atomic mass is 19.1. The zero-order valence-corrected chi connectivity index (χ0v) is 79.8. The molecule has 7 N–H and O–H groups in total. The van der Waals surface area contributed by atoms with Crippen molar-refractivity contribution in [2.75, 3.05) is 128 Å². The van der Waals surface area contributed by atoms with Crippen LogP contribution in [0.25, 0.3) is 65.3 Å².